The molecule has 0 amide bonds. The Labute approximate surface area is 164 Å². The molecule has 0 spiro atoms. The molecule has 1 aromatic heterocycles. The van der Waals surface area contributed by atoms with E-state index < -0.39 is 0 Å². The van der Waals surface area contributed by atoms with E-state index in [0.29, 0.717) is 12.4 Å². The van der Waals surface area contributed by atoms with E-state index in [2.05, 4.69) is 63.1 Å². The molecule has 0 aliphatic heterocycles. The zero-order valence-corrected chi connectivity index (χ0v) is 16.9. The molecular formula is C21H26N4OS. The van der Waals surface area contributed by atoms with Gasteiger partial charge in [0.05, 0.1) is 12.2 Å². The summed E-state index contributed by atoms with van der Waals surface area (Å²) in [7, 11) is 1.77. The second-order valence-corrected chi connectivity index (χ2v) is 7.40. The summed E-state index contributed by atoms with van der Waals surface area (Å²) in [6.07, 6.45) is 0. The van der Waals surface area contributed by atoms with Crippen molar-refractivity contribution in [3.05, 3.63) is 65.4 Å². The van der Waals surface area contributed by atoms with Gasteiger partial charge in [-0.25, -0.2) is 4.98 Å². The monoisotopic (exact) mass is 382 g/mol. The second-order valence-electron chi connectivity index (χ2n) is 6.29. The van der Waals surface area contributed by atoms with E-state index in [0.717, 1.165) is 35.5 Å². The van der Waals surface area contributed by atoms with Gasteiger partial charge in [0.2, 0.25) is 5.89 Å². The Morgan fingerprint density at radius 2 is 1.93 bits per heavy atom. The van der Waals surface area contributed by atoms with E-state index in [-0.39, 0.29) is 0 Å². The fourth-order valence-electron chi connectivity index (χ4n) is 2.84. The maximum absolute atomic E-state index is 5.58. The summed E-state index contributed by atoms with van der Waals surface area (Å²) in [4.78, 5) is 8.61. The summed E-state index contributed by atoms with van der Waals surface area (Å²) in [5.74, 6) is 4.30. The molecule has 6 heteroatoms. The van der Waals surface area contributed by atoms with Crippen molar-refractivity contribution in [2.75, 3.05) is 19.3 Å². The number of nitrogens with zero attached hydrogens (tertiary/aromatic N) is 2. The number of aromatic nitrogens is 1. The first-order valence-electron chi connectivity index (χ1n) is 9.09. The fourth-order valence-corrected chi connectivity index (χ4v) is 3.70. The minimum Gasteiger partial charge on any atom is -0.444 e. The molecule has 3 rings (SSSR count). The summed E-state index contributed by atoms with van der Waals surface area (Å²) in [5, 5.41) is 9.21. The van der Waals surface area contributed by atoms with Gasteiger partial charge in [-0.3, -0.25) is 4.99 Å². The van der Waals surface area contributed by atoms with Crippen LogP contribution in [0, 0.1) is 13.8 Å². The Hall–Kier alpha value is -2.47. The molecule has 27 heavy (non-hydrogen) atoms. The standard InChI is InChI=1S/C21H26N4OS/c1-15-16(2)26-20(25-15)13-24-21(22-3)23-11-12-27-14-18-9-6-8-17-7-4-5-10-19(17)18/h4-10H,11-14H2,1-3H3,(H2,22,23,24). The van der Waals surface area contributed by atoms with Crippen LogP contribution in [0.2, 0.25) is 0 Å². The third-order valence-corrected chi connectivity index (χ3v) is 5.39. The van der Waals surface area contributed by atoms with Crippen LogP contribution < -0.4 is 10.6 Å². The first kappa shape index (κ1) is 19.3. The summed E-state index contributed by atoms with van der Waals surface area (Å²) in [6, 6.07) is 15.1. The van der Waals surface area contributed by atoms with Gasteiger partial charge < -0.3 is 15.1 Å². The number of hydrogen-bond donors (Lipinski definition) is 2. The van der Waals surface area contributed by atoms with Crippen LogP contribution in [0.4, 0.5) is 0 Å². The molecule has 0 aliphatic carbocycles. The smallest absolute Gasteiger partial charge is 0.214 e. The highest BCUT2D eigenvalue weighted by Crippen LogP contribution is 2.22. The predicted molar refractivity (Wildman–Crippen MR) is 114 cm³/mol. The zero-order chi connectivity index (χ0) is 19.1. The number of benzene rings is 2. The van der Waals surface area contributed by atoms with Crippen molar-refractivity contribution in [1.29, 1.82) is 0 Å². The summed E-state index contributed by atoms with van der Waals surface area (Å²) < 4.78 is 5.58. The van der Waals surface area contributed by atoms with Gasteiger partial charge in [0.15, 0.2) is 5.96 Å². The minimum absolute atomic E-state index is 0.525. The van der Waals surface area contributed by atoms with Crippen molar-refractivity contribution < 1.29 is 4.42 Å². The van der Waals surface area contributed by atoms with Crippen molar-refractivity contribution >= 4 is 28.5 Å². The average Bonchev–Trinajstić information content (AvgIpc) is 3.01. The third kappa shape index (κ3) is 5.26. The van der Waals surface area contributed by atoms with Gasteiger partial charge in [-0.1, -0.05) is 42.5 Å². The van der Waals surface area contributed by atoms with Gasteiger partial charge in [-0.05, 0) is 30.2 Å². The molecule has 0 saturated heterocycles. The molecule has 1 heterocycles. The minimum atomic E-state index is 0.525. The Bertz CT molecular complexity index is 895. The molecule has 0 radical (unpaired) electrons. The number of aliphatic imine (C=N–C) groups is 1. The van der Waals surface area contributed by atoms with Gasteiger partial charge in [-0.2, -0.15) is 11.8 Å². The maximum Gasteiger partial charge on any atom is 0.214 e. The molecule has 0 unspecified atom stereocenters. The molecule has 2 N–H and O–H groups in total. The van der Waals surface area contributed by atoms with E-state index in [4.69, 9.17) is 4.42 Å². The van der Waals surface area contributed by atoms with Gasteiger partial charge in [0.1, 0.15) is 5.76 Å². The Morgan fingerprint density at radius 3 is 2.70 bits per heavy atom. The Kier molecular flexibility index (Phi) is 6.76. The lowest BCUT2D eigenvalue weighted by Crippen LogP contribution is -2.38. The van der Waals surface area contributed by atoms with Crippen LogP contribution in [0.15, 0.2) is 51.9 Å². The molecule has 0 fully saturated rings. The van der Waals surface area contributed by atoms with Crippen molar-refractivity contribution in [2.24, 2.45) is 4.99 Å². The first-order valence-corrected chi connectivity index (χ1v) is 10.2. The molecule has 3 aromatic rings. The van der Waals surface area contributed by atoms with E-state index in [9.17, 15) is 0 Å². The highest BCUT2D eigenvalue weighted by Gasteiger charge is 2.06. The number of guanidine groups is 1. The Balaban J connectivity index is 1.41. The number of rotatable bonds is 7. The molecule has 2 aromatic carbocycles. The van der Waals surface area contributed by atoms with Crippen LogP contribution >= 0.6 is 11.8 Å². The average molecular weight is 383 g/mol. The third-order valence-electron chi connectivity index (χ3n) is 4.38. The topological polar surface area (TPSA) is 62.5 Å². The van der Waals surface area contributed by atoms with Crippen molar-refractivity contribution in [3.8, 4) is 0 Å². The van der Waals surface area contributed by atoms with E-state index in [1.807, 2.05) is 25.6 Å². The van der Waals surface area contributed by atoms with Crippen LogP contribution in [-0.2, 0) is 12.3 Å². The van der Waals surface area contributed by atoms with Crippen LogP contribution in [0.25, 0.3) is 10.8 Å². The normalized spacial score (nSPS) is 11.7. The van der Waals surface area contributed by atoms with Gasteiger partial charge in [0.25, 0.3) is 0 Å². The van der Waals surface area contributed by atoms with E-state index in [1.54, 1.807) is 7.05 Å². The van der Waals surface area contributed by atoms with Crippen LogP contribution in [0.1, 0.15) is 22.9 Å². The highest BCUT2D eigenvalue weighted by molar-refractivity contribution is 7.98. The van der Waals surface area contributed by atoms with Crippen LogP contribution in [0.5, 0.6) is 0 Å². The summed E-state index contributed by atoms with van der Waals surface area (Å²) in [5.41, 5.74) is 2.31. The van der Waals surface area contributed by atoms with E-state index in [1.165, 1.54) is 16.3 Å². The van der Waals surface area contributed by atoms with Crippen LogP contribution in [0.3, 0.4) is 0 Å². The SMILES string of the molecule is CN=C(NCCSCc1cccc2ccccc12)NCc1nc(C)c(C)o1. The van der Waals surface area contributed by atoms with Crippen molar-refractivity contribution in [2.45, 2.75) is 26.1 Å². The largest absolute Gasteiger partial charge is 0.444 e. The van der Waals surface area contributed by atoms with Gasteiger partial charge in [-0.15, -0.1) is 0 Å². The van der Waals surface area contributed by atoms with Crippen molar-refractivity contribution in [3.63, 3.8) is 0 Å². The second kappa shape index (κ2) is 9.46. The highest BCUT2D eigenvalue weighted by atomic mass is 32.2. The van der Waals surface area contributed by atoms with Crippen molar-refractivity contribution in [1.82, 2.24) is 15.6 Å². The number of aryl methyl sites for hydroxylation is 2. The first-order chi connectivity index (χ1) is 13.2. The zero-order valence-electron chi connectivity index (χ0n) is 16.1. The maximum atomic E-state index is 5.58. The molecular weight excluding hydrogens is 356 g/mol. The van der Waals surface area contributed by atoms with Gasteiger partial charge >= 0.3 is 0 Å². The summed E-state index contributed by atoms with van der Waals surface area (Å²) in [6.45, 7) is 5.24. The van der Waals surface area contributed by atoms with E-state index >= 15 is 0 Å². The summed E-state index contributed by atoms with van der Waals surface area (Å²) >= 11 is 1.92. The number of oxazole rings is 1. The van der Waals surface area contributed by atoms with Gasteiger partial charge in [0, 0.05) is 25.1 Å². The Morgan fingerprint density at radius 1 is 1.11 bits per heavy atom. The molecule has 142 valence electrons. The number of nitrogens with one attached hydrogen (secondary N) is 2. The molecule has 0 atom stereocenters. The molecule has 0 aliphatic rings. The lowest BCUT2D eigenvalue weighted by Gasteiger charge is -2.11. The fraction of sp³-hybridized carbons (Fsp3) is 0.333. The molecule has 0 saturated carbocycles. The predicted octanol–water partition coefficient (Wildman–Crippen LogP) is 4.04. The molecule has 0 bridgehead atoms. The number of hydrogen-bond acceptors (Lipinski definition) is 4. The lowest BCUT2D eigenvalue weighted by atomic mass is 10.1. The number of thioether (sulfide) groups is 1. The quantitative estimate of drug-likeness (QED) is 0.367. The van der Waals surface area contributed by atoms with Crippen LogP contribution in [-0.4, -0.2) is 30.3 Å². The molecule has 5 nitrogen and oxygen atoms in total. The number of fused-ring (bicyclic) bond motifs is 1. The lowest BCUT2D eigenvalue weighted by molar-refractivity contribution is 0.464.